The zero-order chi connectivity index (χ0) is 13.0. The van der Waals surface area contributed by atoms with Crippen molar-refractivity contribution in [2.75, 3.05) is 23.4 Å². The minimum absolute atomic E-state index is 0.501. The molecule has 2 rings (SSSR count). The molecule has 100 valence electrons. The van der Waals surface area contributed by atoms with Crippen molar-refractivity contribution >= 4 is 11.8 Å². The maximum atomic E-state index is 5.39. The highest BCUT2D eigenvalue weighted by Gasteiger charge is 2.20. The number of hydrogen-bond donors (Lipinski definition) is 2. The lowest BCUT2D eigenvalue weighted by Gasteiger charge is -2.32. The van der Waals surface area contributed by atoms with E-state index in [4.69, 9.17) is 5.84 Å². The molecule has 0 bridgehead atoms. The van der Waals surface area contributed by atoms with Crippen molar-refractivity contribution < 1.29 is 0 Å². The van der Waals surface area contributed by atoms with E-state index in [0.717, 1.165) is 30.5 Å². The summed E-state index contributed by atoms with van der Waals surface area (Å²) in [6.07, 6.45) is 5.18. The highest BCUT2D eigenvalue weighted by atomic mass is 15.3. The van der Waals surface area contributed by atoms with Gasteiger partial charge in [0.05, 0.1) is 0 Å². The van der Waals surface area contributed by atoms with Gasteiger partial charge in [0.2, 0.25) is 5.95 Å². The van der Waals surface area contributed by atoms with Crippen LogP contribution in [0.25, 0.3) is 0 Å². The standard InChI is InChI=1S/C13H23N5/c1-3-4-11-5-7-18(8-6-11)12-9-10(2)15-13(16-12)17-14/h9,11H,3-8,14H2,1-2H3,(H,15,16,17). The number of aromatic nitrogens is 2. The third-order valence-corrected chi connectivity index (χ3v) is 3.61. The molecular weight excluding hydrogens is 226 g/mol. The number of nitrogens with one attached hydrogen (secondary N) is 1. The van der Waals surface area contributed by atoms with Crippen LogP contribution >= 0.6 is 0 Å². The Hall–Kier alpha value is -1.36. The van der Waals surface area contributed by atoms with E-state index in [1.165, 1.54) is 25.7 Å². The van der Waals surface area contributed by atoms with Gasteiger partial charge in [-0.3, -0.25) is 5.43 Å². The molecule has 5 heteroatoms. The van der Waals surface area contributed by atoms with Crippen molar-refractivity contribution in [2.24, 2.45) is 11.8 Å². The Kier molecular flexibility index (Phi) is 4.36. The van der Waals surface area contributed by atoms with Gasteiger partial charge in [-0.1, -0.05) is 19.8 Å². The summed E-state index contributed by atoms with van der Waals surface area (Å²) >= 11 is 0. The molecule has 1 fully saturated rings. The molecule has 3 N–H and O–H groups in total. The summed E-state index contributed by atoms with van der Waals surface area (Å²) in [7, 11) is 0. The molecule has 0 saturated carbocycles. The number of hydrogen-bond acceptors (Lipinski definition) is 5. The first-order valence-electron chi connectivity index (χ1n) is 6.80. The van der Waals surface area contributed by atoms with Crippen LogP contribution in [0.3, 0.4) is 0 Å². The third-order valence-electron chi connectivity index (χ3n) is 3.61. The van der Waals surface area contributed by atoms with E-state index < -0.39 is 0 Å². The summed E-state index contributed by atoms with van der Waals surface area (Å²) in [5.74, 6) is 7.77. The van der Waals surface area contributed by atoms with Crippen molar-refractivity contribution in [3.8, 4) is 0 Å². The lowest BCUT2D eigenvalue weighted by molar-refractivity contribution is 0.377. The lowest BCUT2D eigenvalue weighted by Crippen LogP contribution is -2.34. The fourth-order valence-corrected chi connectivity index (χ4v) is 2.64. The van der Waals surface area contributed by atoms with Crippen LogP contribution in [-0.2, 0) is 0 Å². The molecule has 1 aliphatic heterocycles. The predicted octanol–water partition coefficient (Wildman–Crippen LogP) is 2.09. The summed E-state index contributed by atoms with van der Waals surface area (Å²) in [6.45, 7) is 6.41. The number of piperidine rings is 1. The minimum Gasteiger partial charge on any atom is -0.356 e. The normalized spacial score (nSPS) is 16.9. The average Bonchev–Trinajstić information content (AvgIpc) is 2.39. The van der Waals surface area contributed by atoms with Crippen LogP contribution < -0.4 is 16.2 Å². The quantitative estimate of drug-likeness (QED) is 0.632. The maximum Gasteiger partial charge on any atom is 0.239 e. The Bertz CT molecular complexity index is 385. The molecule has 0 radical (unpaired) electrons. The van der Waals surface area contributed by atoms with Crippen LogP contribution in [-0.4, -0.2) is 23.1 Å². The molecule has 1 aromatic heterocycles. The monoisotopic (exact) mass is 249 g/mol. The Balaban J connectivity index is 2.02. The van der Waals surface area contributed by atoms with Crippen LogP contribution in [0.2, 0.25) is 0 Å². The van der Waals surface area contributed by atoms with Gasteiger partial charge < -0.3 is 4.90 Å². The van der Waals surface area contributed by atoms with E-state index in [1.807, 2.05) is 13.0 Å². The predicted molar refractivity (Wildman–Crippen MR) is 74.4 cm³/mol. The Labute approximate surface area is 109 Å². The van der Waals surface area contributed by atoms with Crippen molar-refractivity contribution in [1.82, 2.24) is 9.97 Å². The van der Waals surface area contributed by atoms with E-state index in [-0.39, 0.29) is 0 Å². The van der Waals surface area contributed by atoms with Crippen LogP contribution in [0.15, 0.2) is 6.07 Å². The number of nitrogen functional groups attached to an aromatic ring is 1. The fourth-order valence-electron chi connectivity index (χ4n) is 2.64. The zero-order valence-corrected chi connectivity index (χ0v) is 11.3. The number of hydrazine groups is 1. The van der Waals surface area contributed by atoms with Crippen molar-refractivity contribution in [2.45, 2.75) is 39.5 Å². The average molecular weight is 249 g/mol. The summed E-state index contributed by atoms with van der Waals surface area (Å²) in [6, 6.07) is 2.03. The number of anilines is 2. The van der Waals surface area contributed by atoms with E-state index in [9.17, 15) is 0 Å². The van der Waals surface area contributed by atoms with E-state index in [0.29, 0.717) is 5.95 Å². The van der Waals surface area contributed by atoms with Gasteiger partial charge in [0, 0.05) is 24.8 Å². The van der Waals surface area contributed by atoms with Crippen LogP contribution in [0.1, 0.15) is 38.3 Å². The summed E-state index contributed by atoms with van der Waals surface area (Å²) in [5, 5.41) is 0. The van der Waals surface area contributed by atoms with Gasteiger partial charge >= 0.3 is 0 Å². The number of aryl methyl sites for hydroxylation is 1. The SMILES string of the molecule is CCCC1CCN(c2cc(C)nc(NN)n2)CC1. The van der Waals surface area contributed by atoms with Gasteiger partial charge in [-0.15, -0.1) is 0 Å². The fraction of sp³-hybridized carbons (Fsp3) is 0.692. The van der Waals surface area contributed by atoms with Gasteiger partial charge in [0.25, 0.3) is 0 Å². The molecule has 5 nitrogen and oxygen atoms in total. The second kappa shape index (κ2) is 6.00. The molecule has 1 aromatic rings. The topological polar surface area (TPSA) is 67.1 Å². The second-order valence-corrected chi connectivity index (χ2v) is 5.05. The lowest BCUT2D eigenvalue weighted by atomic mass is 9.92. The molecule has 0 atom stereocenters. The van der Waals surface area contributed by atoms with Crippen LogP contribution in [0.4, 0.5) is 11.8 Å². The molecule has 0 unspecified atom stereocenters. The van der Waals surface area contributed by atoms with Crippen LogP contribution in [0, 0.1) is 12.8 Å². The number of nitrogens with zero attached hydrogens (tertiary/aromatic N) is 3. The largest absolute Gasteiger partial charge is 0.356 e. The molecule has 0 aliphatic carbocycles. The summed E-state index contributed by atoms with van der Waals surface area (Å²) in [4.78, 5) is 11.0. The molecule has 1 saturated heterocycles. The van der Waals surface area contributed by atoms with Crippen molar-refractivity contribution in [3.63, 3.8) is 0 Å². The first kappa shape index (κ1) is 13.1. The van der Waals surface area contributed by atoms with Gasteiger partial charge in [-0.25, -0.2) is 10.8 Å². The molecule has 0 spiro atoms. The van der Waals surface area contributed by atoms with Gasteiger partial charge in [-0.2, -0.15) is 4.98 Å². The van der Waals surface area contributed by atoms with Gasteiger partial charge in [-0.05, 0) is 25.7 Å². The summed E-state index contributed by atoms with van der Waals surface area (Å²) in [5.41, 5.74) is 3.48. The Morgan fingerprint density at radius 3 is 2.72 bits per heavy atom. The molecule has 0 aromatic carbocycles. The smallest absolute Gasteiger partial charge is 0.239 e. The van der Waals surface area contributed by atoms with Gasteiger partial charge in [0.15, 0.2) is 0 Å². The van der Waals surface area contributed by atoms with E-state index >= 15 is 0 Å². The van der Waals surface area contributed by atoms with Crippen molar-refractivity contribution in [1.29, 1.82) is 0 Å². The molecule has 0 amide bonds. The highest BCUT2D eigenvalue weighted by molar-refractivity contribution is 5.44. The maximum absolute atomic E-state index is 5.39. The third kappa shape index (κ3) is 3.10. The number of rotatable bonds is 4. The first-order chi connectivity index (χ1) is 8.72. The summed E-state index contributed by atoms with van der Waals surface area (Å²) < 4.78 is 0. The highest BCUT2D eigenvalue weighted by Crippen LogP contribution is 2.25. The Morgan fingerprint density at radius 2 is 2.11 bits per heavy atom. The number of nitrogens with two attached hydrogens (primary N) is 1. The zero-order valence-electron chi connectivity index (χ0n) is 11.3. The first-order valence-corrected chi connectivity index (χ1v) is 6.80. The minimum atomic E-state index is 0.501. The molecular formula is C13H23N5. The molecule has 1 aliphatic rings. The molecule has 18 heavy (non-hydrogen) atoms. The Morgan fingerprint density at radius 1 is 1.39 bits per heavy atom. The molecule has 2 heterocycles. The van der Waals surface area contributed by atoms with E-state index in [1.54, 1.807) is 0 Å². The van der Waals surface area contributed by atoms with Crippen molar-refractivity contribution in [3.05, 3.63) is 11.8 Å². The van der Waals surface area contributed by atoms with Gasteiger partial charge in [0.1, 0.15) is 5.82 Å². The second-order valence-electron chi connectivity index (χ2n) is 5.05. The van der Waals surface area contributed by atoms with E-state index in [2.05, 4.69) is 27.2 Å². The van der Waals surface area contributed by atoms with Crippen LogP contribution in [0.5, 0.6) is 0 Å².